The van der Waals surface area contributed by atoms with Gasteiger partial charge in [-0.2, -0.15) is 5.10 Å². The molecule has 0 saturated carbocycles. The van der Waals surface area contributed by atoms with Gasteiger partial charge in [-0.25, -0.2) is 14.5 Å². The van der Waals surface area contributed by atoms with E-state index in [1.165, 1.54) is 5.56 Å². The zero-order valence-corrected chi connectivity index (χ0v) is 13.4. The van der Waals surface area contributed by atoms with Gasteiger partial charge in [0.05, 0.1) is 18.7 Å². The van der Waals surface area contributed by atoms with Crippen molar-refractivity contribution >= 4 is 5.52 Å². The maximum atomic E-state index is 5.17. The van der Waals surface area contributed by atoms with Gasteiger partial charge in [0.1, 0.15) is 0 Å². The summed E-state index contributed by atoms with van der Waals surface area (Å²) in [5, 5.41) is 4.29. The third-order valence-corrected chi connectivity index (χ3v) is 4.03. The van der Waals surface area contributed by atoms with Gasteiger partial charge in [0.2, 0.25) is 0 Å². The third-order valence-electron chi connectivity index (χ3n) is 4.03. The lowest BCUT2D eigenvalue weighted by molar-refractivity contribution is 0.187. The molecule has 0 saturated heterocycles. The molecular formula is C17H18N6O. The van der Waals surface area contributed by atoms with Crippen molar-refractivity contribution in [3.05, 3.63) is 60.9 Å². The molecule has 4 rings (SSSR count). The summed E-state index contributed by atoms with van der Waals surface area (Å²) in [6, 6.07) is 6.13. The van der Waals surface area contributed by atoms with E-state index in [0.29, 0.717) is 13.2 Å². The molecule has 0 aliphatic rings. The quantitative estimate of drug-likeness (QED) is 0.545. The van der Waals surface area contributed by atoms with E-state index in [-0.39, 0.29) is 0 Å². The first kappa shape index (κ1) is 14.6. The molecule has 4 aromatic rings. The van der Waals surface area contributed by atoms with Crippen LogP contribution in [0.5, 0.6) is 0 Å². The molecule has 0 bridgehead atoms. The predicted octanol–water partition coefficient (Wildman–Crippen LogP) is 2.09. The van der Waals surface area contributed by atoms with E-state index in [1.807, 2.05) is 41.4 Å². The van der Waals surface area contributed by atoms with Gasteiger partial charge >= 0.3 is 0 Å². The van der Waals surface area contributed by atoms with Crippen LogP contribution < -0.4 is 0 Å². The van der Waals surface area contributed by atoms with Crippen molar-refractivity contribution in [1.29, 1.82) is 0 Å². The summed E-state index contributed by atoms with van der Waals surface area (Å²) < 4.78 is 11.2. The van der Waals surface area contributed by atoms with Gasteiger partial charge in [-0.05, 0) is 17.7 Å². The van der Waals surface area contributed by atoms with Crippen molar-refractivity contribution in [2.75, 3.05) is 13.7 Å². The molecule has 0 fully saturated rings. The maximum Gasteiger partial charge on any atom is 0.176 e. The summed E-state index contributed by atoms with van der Waals surface area (Å²) in [5.41, 5.74) is 2.28. The minimum atomic E-state index is 0.638. The normalized spacial score (nSPS) is 11.4. The van der Waals surface area contributed by atoms with Gasteiger partial charge in [-0.1, -0.05) is 6.07 Å². The molecule has 0 aromatic carbocycles. The number of rotatable bonds is 6. The lowest BCUT2D eigenvalue weighted by Crippen LogP contribution is -2.09. The first-order valence-electron chi connectivity index (χ1n) is 7.79. The van der Waals surface area contributed by atoms with Crippen LogP contribution in [-0.2, 0) is 17.8 Å². The number of methoxy groups -OCH3 is 1. The molecule has 7 nitrogen and oxygen atoms in total. The summed E-state index contributed by atoms with van der Waals surface area (Å²) >= 11 is 0. The van der Waals surface area contributed by atoms with Gasteiger partial charge in [0, 0.05) is 50.8 Å². The van der Waals surface area contributed by atoms with Crippen molar-refractivity contribution in [2.24, 2.45) is 0 Å². The second-order valence-electron chi connectivity index (χ2n) is 5.51. The molecule has 0 aliphatic carbocycles. The van der Waals surface area contributed by atoms with Crippen molar-refractivity contribution in [2.45, 2.75) is 13.1 Å². The number of hydrogen-bond donors (Lipinski definition) is 0. The standard InChI is InChI=1S/C17H18N6O/c1-24-12-11-21-9-6-18-16(21)17-19-7-10-22(17)13-14-3-2-8-23-15(14)4-5-20-23/h2-10H,11-13H2,1H3. The fraction of sp³-hybridized carbons (Fsp3) is 0.235. The first-order valence-corrected chi connectivity index (χ1v) is 7.79. The van der Waals surface area contributed by atoms with Crippen LogP contribution in [0, 0.1) is 0 Å². The van der Waals surface area contributed by atoms with E-state index in [9.17, 15) is 0 Å². The van der Waals surface area contributed by atoms with Crippen LogP contribution in [0.25, 0.3) is 17.2 Å². The van der Waals surface area contributed by atoms with Gasteiger partial charge in [0.15, 0.2) is 11.6 Å². The molecule has 0 spiro atoms. The van der Waals surface area contributed by atoms with Crippen LogP contribution in [-0.4, -0.2) is 42.4 Å². The molecule has 4 heterocycles. The average Bonchev–Trinajstić information content (AvgIpc) is 3.33. The molecule has 4 aromatic heterocycles. The maximum absolute atomic E-state index is 5.17. The van der Waals surface area contributed by atoms with E-state index in [2.05, 4.69) is 30.3 Å². The highest BCUT2D eigenvalue weighted by atomic mass is 16.5. The largest absolute Gasteiger partial charge is 0.383 e. The predicted molar refractivity (Wildman–Crippen MR) is 89.6 cm³/mol. The third kappa shape index (κ3) is 2.59. The zero-order chi connectivity index (χ0) is 16.4. The minimum Gasteiger partial charge on any atom is -0.383 e. The van der Waals surface area contributed by atoms with E-state index < -0.39 is 0 Å². The van der Waals surface area contributed by atoms with Crippen molar-refractivity contribution in [3.63, 3.8) is 0 Å². The molecule has 122 valence electrons. The molecule has 24 heavy (non-hydrogen) atoms. The van der Waals surface area contributed by atoms with Gasteiger partial charge in [0.25, 0.3) is 0 Å². The summed E-state index contributed by atoms with van der Waals surface area (Å²) in [5.74, 6) is 1.69. The Hall–Kier alpha value is -2.93. The molecule has 7 heteroatoms. The van der Waals surface area contributed by atoms with Crippen LogP contribution in [0.2, 0.25) is 0 Å². The lowest BCUT2D eigenvalue weighted by Gasteiger charge is -2.11. The second-order valence-corrected chi connectivity index (χ2v) is 5.51. The van der Waals surface area contributed by atoms with Crippen LogP contribution in [0.15, 0.2) is 55.4 Å². The van der Waals surface area contributed by atoms with Crippen molar-refractivity contribution in [1.82, 2.24) is 28.7 Å². The van der Waals surface area contributed by atoms with Gasteiger partial charge in [-0.15, -0.1) is 0 Å². The smallest absolute Gasteiger partial charge is 0.176 e. The van der Waals surface area contributed by atoms with Crippen LogP contribution in [0.3, 0.4) is 0 Å². The molecule has 0 amide bonds. The summed E-state index contributed by atoms with van der Waals surface area (Å²) in [6.45, 7) is 2.10. The van der Waals surface area contributed by atoms with E-state index >= 15 is 0 Å². The molecule has 0 radical (unpaired) electrons. The monoisotopic (exact) mass is 322 g/mol. The molecular weight excluding hydrogens is 304 g/mol. The Morgan fingerprint density at radius 1 is 0.958 bits per heavy atom. The Kier molecular flexibility index (Phi) is 3.84. The lowest BCUT2D eigenvalue weighted by atomic mass is 10.2. The number of hydrogen-bond acceptors (Lipinski definition) is 4. The van der Waals surface area contributed by atoms with Gasteiger partial charge < -0.3 is 13.9 Å². The number of pyridine rings is 1. The van der Waals surface area contributed by atoms with Crippen molar-refractivity contribution < 1.29 is 4.74 Å². The number of nitrogens with zero attached hydrogens (tertiary/aromatic N) is 6. The summed E-state index contributed by atoms with van der Waals surface area (Å²) in [4.78, 5) is 8.98. The van der Waals surface area contributed by atoms with Crippen LogP contribution in [0.1, 0.15) is 5.56 Å². The molecule has 0 aliphatic heterocycles. The SMILES string of the molecule is COCCn1ccnc1-c1nccn1Cc1cccn2nccc12. The average molecular weight is 322 g/mol. The highest BCUT2D eigenvalue weighted by Crippen LogP contribution is 2.19. The number of ether oxygens (including phenoxy) is 1. The topological polar surface area (TPSA) is 62.2 Å². The van der Waals surface area contributed by atoms with Crippen LogP contribution in [0.4, 0.5) is 0 Å². The van der Waals surface area contributed by atoms with E-state index in [4.69, 9.17) is 4.74 Å². The fourth-order valence-corrected chi connectivity index (χ4v) is 2.86. The van der Waals surface area contributed by atoms with Crippen molar-refractivity contribution in [3.8, 4) is 11.6 Å². The summed E-state index contributed by atoms with van der Waals surface area (Å²) in [6.07, 6.45) is 11.3. The number of fused-ring (bicyclic) bond motifs is 1. The minimum absolute atomic E-state index is 0.638. The fourth-order valence-electron chi connectivity index (χ4n) is 2.86. The van der Waals surface area contributed by atoms with Gasteiger partial charge in [-0.3, -0.25) is 0 Å². The first-order chi connectivity index (χ1) is 11.9. The van der Waals surface area contributed by atoms with E-state index in [1.54, 1.807) is 19.5 Å². The Morgan fingerprint density at radius 3 is 2.58 bits per heavy atom. The zero-order valence-electron chi connectivity index (χ0n) is 13.4. The Balaban J connectivity index is 1.68. The highest BCUT2D eigenvalue weighted by molar-refractivity contribution is 5.54. The Morgan fingerprint density at radius 2 is 1.75 bits per heavy atom. The molecule has 0 unspecified atom stereocenters. The molecule has 0 atom stereocenters. The Bertz CT molecular complexity index is 951. The number of imidazole rings is 2. The highest BCUT2D eigenvalue weighted by Gasteiger charge is 2.13. The molecule has 0 N–H and O–H groups in total. The van der Waals surface area contributed by atoms with E-state index in [0.717, 1.165) is 23.7 Å². The Labute approximate surface area is 139 Å². The number of aromatic nitrogens is 6. The summed E-state index contributed by atoms with van der Waals surface area (Å²) in [7, 11) is 1.70. The second kappa shape index (κ2) is 6.29. The van der Waals surface area contributed by atoms with Crippen LogP contribution >= 0.6 is 0 Å².